The summed E-state index contributed by atoms with van der Waals surface area (Å²) in [6.07, 6.45) is 1.62. The van der Waals surface area contributed by atoms with Crippen molar-refractivity contribution in [2.45, 2.75) is 20.4 Å². The van der Waals surface area contributed by atoms with Gasteiger partial charge in [-0.15, -0.1) is 0 Å². The molecule has 0 aliphatic rings. The molecule has 0 saturated carbocycles. The van der Waals surface area contributed by atoms with Crippen LogP contribution in [0.5, 0.6) is 5.75 Å². The van der Waals surface area contributed by atoms with E-state index in [1.54, 1.807) is 25.4 Å². The summed E-state index contributed by atoms with van der Waals surface area (Å²) in [5.74, 6) is 2.04. The molecule has 0 bridgehead atoms. The van der Waals surface area contributed by atoms with Crippen molar-refractivity contribution in [3.63, 3.8) is 0 Å². The monoisotopic (exact) mass is 352 g/mol. The minimum Gasteiger partial charge on any atom is -0.495 e. The molecule has 3 aromatic rings. The Morgan fingerprint density at radius 1 is 1.19 bits per heavy atom. The summed E-state index contributed by atoms with van der Waals surface area (Å²) in [5.41, 5.74) is 1.95. The molecule has 0 fully saturated rings. The largest absolute Gasteiger partial charge is 0.495 e. The van der Waals surface area contributed by atoms with Gasteiger partial charge in [-0.25, -0.2) is 9.97 Å². The molecule has 2 aromatic heterocycles. The van der Waals surface area contributed by atoms with Crippen molar-refractivity contribution in [2.75, 3.05) is 12.4 Å². The lowest BCUT2D eigenvalue weighted by Gasteiger charge is -2.13. The van der Waals surface area contributed by atoms with Gasteiger partial charge in [-0.3, -0.25) is 4.79 Å². The highest BCUT2D eigenvalue weighted by Gasteiger charge is 2.15. The standard InChI is InChI=1S/C19H20N4O3/c1-12-13(2)26-17(22-12)11-21-19(24)14-7-6-10-20-18(14)23-15-8-4-5-9-16(15)25-3/h4-10H,11H2,1-3H3,(H,20,23)(H,21,24). The van der Waals surface area contributed by atoms with Crippen LogP contribution in [-0.4, -0.2) is 23.0 Å². The first-order valence-electron chi connectivity index (χ1n) is 8.14. The van der Waals surface area contributed by atoms with Gasteiger partial charge in [0, 0.05) is 6.20 Å². The third-order valence-electron chi connectivity index (χ3n) is 3.89. The number of oxazole rings is 1. The smallest absolute Gasteiger partial charge is 0.255 e. The topological polar surface area (TPSA) is 89.3 Å². The number of nitrogens with zero attached hydrogens (tertiary/aromatic N) is 2. The number of hydrogen-bond donors (Lipinski definition) is 2. The fourth-order valence-corrected chi connectivity index (χ4v) is 2.43. The van der Waals surface area contributed by atoms with Crippen LogP contribution >= 0.6 is 0 Å². The molecule has 1 aromatic carbocycles. The van der Waals surface area contributed by atoms with Gasteiger partial charge < -0.3 is 19.8 Å². The number of aryl methyl sites for hydroxylation is 2. The van der Waals surface area contributed by atoms with Crippen LogP contribution in [0, 0.1) is 13.8 Å². The van der Waals surface area contributed by atoms with E-state index in [1.165, 1.54) is 0 Å². The van der Waals surface area contributed by atoms with Gasteiger partial charge in [0.15, 0.2) is 0 Å². The average molecular weight is 352 g/mol. The molecule has 7 heteroatoms. The lowest BCUT2D eigenvalue weighted by atomic mass is 10.2. The van der Waals surface area contributed by atoms with Crippen LogP contribution in [-0.2, 0) is 6.54 Å². The molecule has 2 heterocycles. The number of pyridine rings is 1. The number of methoxy groups -OCH3 is 1. The summed E-state index contributed by atoms with van der Waals surface area (Å²) in [6, 6.07) is 10.8. The van der Waals surface area contributed by atoms with Gasteiger partial charge >= 0.3 is 0 Å². The van der Waals surface area contributed by atoms with Gasteiger partial charge in [0.25, 0.3) is 5.91 Å². The average Bonchev–Trinajstić information content (AvgIpc) is 2.98. The Balaban J connectivity index is 1.76. The first kappa shape index (κ1) is 17.5. The molecule has 3 rings (SSSR count). The zero-order chi connectivity index (χ0) is 18.5. The quantitative estimate of drug-likeness (QED) is 0.707. The van der Waals surface area contributed by atoms with E-state index in [9.17, 15) is 4.79 Å². The van der Waals surface area contributed by atoms with Gasteiger partial charge in [-0.1, -0.05) is 12.1 Å². The Morgan fingerprint density at radius 2 is 2.00 bits per heavy atom. The van der Waals surface area contributed by atoms with Gasteiger partial charge in [-0.05, 0) is 38.1 Å². The van der Waals surface area contributed by atoms with E-state index in [0.29, 0.717) is 23.0 Å². The first-order valence-corrected chi connectivity index (χ1v) is 8.14. The summed E-state index contributed by atoms with van der Waals surface area (Å²) in [5, 5.41) is 5.95. The van der Waals surface area contributed by atoms with E-state index in [-0.39, 0.29) is 12.5 Å². The number of benzene rings is 1. The third kappa shape index (κ3) is 3.83. The van der Waals surface area contributed by atoms with Crippen molar-refractivity contribution < 1.29 is 13.9 Å². The number of para-hydroxylation sites is 2. The van der Waals surface area contributed by atoms with Gasteiger partial charge in [-0.2, -0.15) is 0 Å². The Labute approximate surface area is 151 Å². The van der Waals surface area contributed by atoms with Crippen molar-refractivity contribution in [3.05, 3.63) is 65.5 Å². The zero-order valence-electron chi connectivity index (χ0n) is 14.9. The number of hydrogen-bond acceptors (Lipinski definition) is 6. The number of carbonyl (C=O) groups excluding carboxylic acids is 1. The molecular weight excluding hydrogens is 332 g/mol. The number of carbonyl (C=O) groups is 1. The summed E-state index contributed by atoms with van der Waals surface area (Å²) in [4.78, 5) is 21.1. The molecular formula is C19H20N4O3. The van der Waals surface area contributed by atoms with E-state index >= 15 is 0 Å². The highest BCUT2D eigenvalue weighted by atomic mass is 16.5. The van der Waals surface area contributed by atoms with E-state index in [1.807, 2.05) is 38.1 Å². The van der Waals surface area contributed by atoms with E-state index in [2.05, 4.69) is 20.6 Å². The number of ether oxygens (including phenoxy) is 1. The van der Waals surface area contributed by atoms with Gasteiger partial charge in [0.1, 0.15) is 17.3 Å². The zero-order valence-corrected chi connectivity index (χ0v) is 14.9. The molecule has 0 aliphatic heterocycles. The number of aromatic nitrogens is 2. The van der Waals surface area contributed by atoms with E-state index in [4.69, 9.17) is 9.15 Å². The predicted octanol–water partition coefficient (Wildman–Crippen LogP) is 3.37. The Hall–Kier alpha value is -3.35. The van der Waals surface area contributed by atoms with Crippen LogP contribution in [0.4, 0.5) is 11.5 Å². The van der Waals surface area contributed by atoms with Crippen LogP contribution < -0.4 is 15.4 Å². The van der Waals surface area contributed by atoms with Crippen LogP contribution in [0.25, 0.3) is 0 Å². The maximum Gasteiger partial charge on any atom is 0.255 e. The number of anilines is 2. The van der Waals surface area contributed by atoms with Crippen LogP contribution in [0.3, 0.4) is 0 Å². The first-order chi connectivity index (χ1) is 12.6. The maximum absolute atomic E-state index is 12.6. The molecule has 1 amide bonds. The van der Waals surface area contributed by atoms with Crippen molar-refractivity contribution in [1.82, 2.24) is 15.3 Å². The lowest BCUT2D eigenvalue weighted by molar-refractivity contribution is 0.0947. The van der Waals surface area contributed by atoms with Crippen molar-refractivity contribution in [3.8, 4) is 5.75 Å². The highest BCUT2D eigenvalue weighted by molar-refractivity contribution is 5.99. The molecule has 7 nitrogen and oxygen atoms in total. The highest BCUT2D eigenvalue weighted by Crippen LogP contribution is 2.27. The molecule has 0 atom stereocenters. The molecule has 2 N–H and O–H groups in total. The molecule has 0 saturated heterocycles. The Kier molecular flexibility index (Phi) is 5.17. The molecule has 0 radical (unpaired) electrons. The van der Waals surface area contributed by atoms with Crippen LogP contribution in [0.2, 0.25) is 0 Å². The summed E-state index contributed by atoms with van der Waals surface area (Å²) >= 11 is 0. The molecule has 0 unspecified atom stereocenters. The molecule has 0 spiro atoms. The second-order valence-electron chi connectivity index (χ2n) is 5.66. The fraction of sp³-hybridized carbons (Fsp3) is 0.211. The third-order valence-corrected chi connectivity index (χ3v) is 3.89. The summed E-state index contributed by atoms with van der Waals surface area (Å²) < 4.78 is 10.8. The van der Waals surface area contributed by atoms with Crippen molar-refractivity contribution >= 4 is 17.4 Å². The lowest BCUT2D eigenvalue weighted by Crippen LogP contribution is -2.24. The SMILES string of the molecule is COc1ccccc1Nc1ncccc1C(=O)NCc1nc(C)c(C)o1. The van der Waals surface area contributed by atoms with E-state index < -0.39 is 0 Å². The van der Waals surface area contributed by atoms with Gasteiger partial charge in [0.2, 0.25) is 5.89 Å². The van der Waals surface area contributed by atoms with Crippen molar-refractivity contribution in [2.24, 2.45) is 0 Å². The number of amides is 1. The Morgan fingerprint density at radius 3 is 2.73 bits per heavy atom. The fourth-order valence-electron chi connectivity index (χ4n) is 2.43. The minimum atomic E-state index is -0.274. The predicted molar refractivity (Wildman–Crippen MR) is 97.7 cm³/mol. The molecule has 0 aliphatic carbocycles. The second-order valence-corrected chi connectivity index (χ2v) is 5.66. The van der Waals surface area contributed by atoms with E-state index in [0.717, 1.165) is 17.1 Å². The number of nitrogens with one attached hydrogen (secondary N) is 2. The molecule has 134 valence electrons. The minimum absolute atomic E-state index is 0.205. The molecule has 26 heavy (non-hydrogen) atoms. The maximum atomic E-state index is 12.6. The summed E-state index contributed by atoms with van der Waals surface area (Å²) in [7, 11) is 1.59. The Bertz CT molecular complexity index is 901. The van der Waals surface area contributed by atoms with Crippen LogP contribution in [0.15, 0.2) is 47.0 Å². The van der Waals surface area contributed by atoms with Crippen LogP contribution in [0.1, 0.15) is 27.7 Å². The normalized spacial score (nSPS) is 10.4. The van der Waals surface area contributed by atoms with Crippen molar-refractivity contribution in [1.29, 1.82) is 0 Å². The van der Waals surface area contributed by atoms with Gasteiger partial charge in [0.05, 0.1) is 30.6 Å². The second kappa shape index (κ2) is 7.69. The number of rotatable bonds is 6. The summed E-state index contributed by atoms with van der Waals surface area (Å²) in [6.45, 7) is 3.90.